The lowest BCUT2D eigenvalue weighted by atomic mass is 10.1. The van der Waals surface area contributed by atoms with Gasteiger partial charge < -0.3 is 10.5 Å². The number of aromatic nitrogens is 3. The molecule has 0 amide bonds. The van der Waals surface area contributed by atoms with Crippen LogP contribution in [0.2, 0.25) is 0 Å². The summed E-state index contributed by atoms with van der Waals surface area (Å²) in [6.45, 7) is 2.07. The van der Waals surface area contributed by atoms with Gasteiger partial charge in [-0.1, -0.05) is 12.1 Å². The predicted molar refractivity (Wildman–Crippen MR) is 86.4 cm³/mol. The molecule has 108 valence electrons. The van der Waals surface area contributed by atoms with E-state index in [4.69, 9.17) is 10.5 Å². The molecule has 0 saturated carbocycles. The number of rotatable bonds is 3. The molecular weight excluding hydrogens is 332 g/mol. The van der Waals surface area contributed by atoms with Gasteiger partial charge >= 0.3 is 0 Å². The van der Waals surface area contributed by atoms with E-state index in [-0.39, 0.29) is 6.04 Å². The molecule has 3 aromatic rings. The van der Waals surface area contributed by atoms with Crippen molar-refractivity contribution in [1.29, 1.82) is 0 Å². The van der Waals surface area contributed by atoms with E-state index in [0.29, 0.717) is 5.95 Å². The number of methoxy groups -OCH3 is 1. The summed E-state index contributed by atoms with van der Waals surface area (Å²) in [5.74, 6) is 1.29. The average molecular weight is 347 g/mol. The molecule has 1 atom stereocenters. The van der Waals surface area contributed by atoms with E-state index in [1.54, 1.807) is 13.3 Å². The Bertz CT molecular complexity index is 782. The van der Waals surface area contributed by atoms with E-state index < -0.39 is 0 Å². The van der Waals surface area contributed by atoms with Crippen LogP contribution in [0.15, 0.2) is 41.0 Å². The van der Waals surface area contributed by atoms with Crippen LogP contribution in [0.4, 0.5) is 5.95 Å². The number of fused-ring (bicyclic) bond motifs is 1. The van der Waals surface area contributed by atoms with E-state index in [1.165, 1.54) is 0 Å². The lowest BCUT2D eigenvalue weighted by molar-refractivity contribution is 0.414. The van der Waals surface area contributed by atoms with Gasteiger partial charge in [-0.05, 0) is 46.6 Å². The number of nitrogens with zero attached hydrogens (tertiary/aromatic N) is 3. The van der Waals surface area contributed by atoms with Gasteiger partial charge in [0.05, 0.1) is 13.2 Å². The van der Waals surface area contributed by atoms with Gasteiger partial charge in [0, 0.05) is 10.7 Å². The number of hydrogen-bond acceptors (Lipinski definition) is 4. The lowest BCUT2D eigenvalue weighted by Gasteiger charge is -2.16. The standard InChI is InChI=1S/C15H15BrN4O/c1-9(10-3-5-12(21-2)6-4-10)20-14-13(19-15(20)17)7-11(16)8-18-14/h3-9H,1-2H3,(H2,17,19). The highest BCUT2D eigenvalue weighted by molar-refractivity contribution is 9.10. The Labute approximate surface area is 130 Å². The Morgan fingerprint density at radius 2 is 2.00 bits per heavy atom. The third-order valence-electron chi connectivity index (χ3n) is 3.51. The predicted octanol–water partition coefficient (Wildman–Crippen LogP) is 3.39. The van der Waals surface area contributed by atoms with Crippen molar-refractivity contribution in [3.05, 3.63) is 46.6 Å². The van der Waals surface area contributed by atoms with Gasteiger partial charge in [-0.25, -0.2) is 9.97 Å². The van der Waals surface area contributed by atoms with Gasteiger partial charge in [-0.15, -0.1) is 0 Å². The normalized spacial score (nSPS) is 12.5. The highest BCUT2D eigenvalue weighted by Crippen LogP contribution is 2.28. The Morgan fingerprint density at radius 3 is 2.67 bits per heavy atom. The van der Waals surface area contributed by atoms with Crippen LogP contribution < -0.4 is 10.5 Å². The molecule has 6 heteroatoms. The van der Waals surface area contributed by atoms with Gasteiger partial charge in [0.2, 0.25) is 5.95 Å². The zero-order valence-corrected chi connectivity index (χ0v) is 13.3. The number of pyridine rings is 1. The summed E-state index contributed by atoms with van der Waals surface area (Å²) in [4.78, 5) is 8.81. The molecule has 3 rings (SSSR count). The molecule has 5 nitrogen and oxygen atoms in total. The van der Waals surface area contributed by atoms with Gasteiger partial charge in [-0.3, -0.25) is 4.57 Å². The average Bonchev–Trinajstić information content (AvgIpc) is 2.81. The largest absolute Gasteiger partial charge is 0.497 e. The number of ether oxygens (including phenoxy) is 1. The Hall–Kier alpha value is -2.08. The van der Waals surface area contributed by atoms with Crippen LogP contribution in [0.1, 0.15) is 18.5 Å². The zero-order chi connectivity index (χ0) is 15.0. The summed E-state index contributed by atoms with van der Waals surface area (Å²) in [5, 5.41) is 0. The highest BCUT2D eigenvalue weighted by Gasteiger charge is 2.16. The summed E-state index contributed by atoms with van der Waals surface area (Å²) >= 11 is 3.40. The van der Waals surface area contributed by atoms with Gasteiger partial charge in [0.15, 0.2) is 5.65 Å². The van der Waals surface area contributed by atoms with Crippen LogP contribution in [-0.2, 0) is 0 Å². The first-order valence-corrected chi connectivity index (χ1v) is 7.32. The van der Waals surface area contributed by atoms with Crippen LogP contribution in [0.5, 0.6) is 5.75 Å². The van der Waals surface area contributed by atoms with Crippen molar-refractivity contribution in [2.24, 2.45) is 0 Å². The fourth-order valence-corrected chi connectivity index (χ4v) is 2.71. The zero-order valence-electron chi connectivity index (χ0n) is 11.7. The van der Waals surface area contributed by atoms with Crippen molar-refractivity contribution < 1.29 is 4.74 Å². The highest BCUT2D eigenvalue weighted by atomic mass is 79.9. The first-order valence-electron chi connectivity index (χ1n) is 6.53. The number of halogens is 1. The number of imidazole rings is 1. The fraction of sp³-hybridized carbons (Fsp3) is 0.200. The van der Waals surface area contributed by atoms with E-state index >= 15 is 0 Å². The summed E-state index contributed by atoms with van der Waals surface area (Å²) < 4.78 is 8.01. The molecular formula is C15H15BrN4O. The minimum atomic E-state index is 0.0366. The maximum atomic E-state index is 6.07. The third kappa shape index (κ3) is 2.47. The van der Waals surface area contributed by atoms with Crippen molar-refractivity contribution in [2.75, 3.05) is 12.8 Å². The third-order valence-corrected chi connectivity index (χ3v) is 3.94. The number of nitrogen functional groups attached to an aromatic ring is 1. The monoisotopic (exact) mass is 346 g/mol. The van der Waals surface area contributed by atoms with E-state index in [1.807, 2.05) is 34.9 Å². The number of benzene rings is 1. The van der Waals surface area contributed by atoms with E-state index in [9.17, 15) is 0 Å². The van der Waals surface area contributed by atoms with E-state index in [0.717, 1.165) is 26.9 Å². The van der Waals surface area contributed by atoms with Crippen LogP contribution >= 0.6 is 15.9 Å². The molecule has 1 aromatic carbocycles. The first-order chi connectivity index (χ1) is 10.1. The van der Waals surface area contributed by atoms with Crippen molar-refractivity contribution in [3.8, 4) is 5.75 Å². The van der Waals surface area contributed by atoms with E-state index in [2.05, 4.69) is 32.8 Å². The molecule has 0 aliphatic rings. The molecule has 2 heterocycles. The number of hydrogen-bond donors (Lipinski definition) is 1. The minimum Gasteiger partial charge on any atom is -0.497 e. The molecule has 0 spiro atoms. The molecule has 0 aliphatic heterocycles. The summed E-state index contributed by atoms with van der Waals surface area (Å²) in [5.41, 5.74) is 8.74. The Morgan fingerprint density at radius 1 is 1.29 bits per heavy atom. The second-order valence-corrected chi connectivity index (χ2v) is 5.70. The van der Waals surface area contributed by atoms with Crippen molar-refractivity contribution in [2.45, 2.75) is 13.0 Å². The summed E-state index contributed by atoms with van der Waals surface area (Å²) in [6.07, 6.45) is 1.75. The minimum absolute atomic E-state index is 0.0366. The Balaban J connectivity index is 2.07. The quantitative estimate of drug-likeness (QED) is 0.789. The molecule has 0 radical (unpaired) electrons. The maximum absolute atomic E-state index is 6.07. The van der Waals surface area contributed by atoms with Gasteiger partial charge in [0.1, 0.15) is 11.3 Å². The van der Waals surface area contributed by atoms with Gasteiger partial charge in [-0.2, -0.15) is 0 Å². The van der Waals surface area contributed by atoms with Crippen molar-refractivity contribution in [1.82, 2.24) is 14.5 Å². The van der Waals surface area contributed by atoms with Gasteiger partial charge in [0.25, 0.3) is 0 Å². The molecule has 2 N–H and O–H groups in total. The van der Waals surface area contributed by atoms with Crippen molar-refractivity contribution in [3.63, 3.8) is 0 Å². The van der Waals surface area contributed by atoms with Crippen LogP contribution in [0.25, 0.3) is 11.2 Å². The second-order valence-electron chi connectivity index (χ2n) is 4.79. The molecule has 0 saturated heterocycles. The molecule has 2 aromatic heterocycles. The smallest absolute Gasteiger partial charge is 0.203 e. The Kier molecular flexibility index (Phi) is 3.55. The second kappa shape index (κ2) is 5.37. The maximum Gasteiger partial charge on any atom is 0.203 e. The fourth-order valence-electron chi connectivity index (χ4n) is 2.39. The first kappa shape index (κ1) is 13.9. The molecule has 21 heavy (non-hydrogen) atoms. The molecule has 0 bridgehead atoms. The number of nitrogens with two attached hydrogens (primary N) is 1. The lowest BCUT2D eigenvalue weighted by Crippen LogP contribution is -2.10. The summed E-state index contributed by atoms with van der Waals surface area (Å²) in [7, 11) is 1.65. The van der Waals surface area contributed by atoms with Crippen LogP contribution in [0, 0.1) is 0 Å². The SMILES string of the molecule is COc1ccc(C(C)n2c(N)nc3cc(Br)cnc32)cc1. The van der Waals surface area contributed by atoms with Crippen LogP contribution in [0.3, 0.4) is 0 Å². The summed E-state index contributed by atoms with van der Waals surface area (Å²) in [6, 6.07) is 9.86. The van der Waals surface area contributed by atoms with Crippen LogP contribution in [-0.4, -0.2) is 21.6 Å². The molecule has 0 fully saturated rings. The molecule has 1 unspecified atom stereocenters. The van der Waals surface area contributed by atoms with Crippen molar-refractivity contribution >= 4 is 33.0 Å². The number of anilines is 1. The molecule has 0 aliphatic carbocycles. The topological polar surface area (TPSA) is 66.0 Å².